The van der Waals surface area contributed by atoms with Crippen molar-refractivity contribution in [3.8, 4) is 5.82 Å². The molecule has 0 spiro atoms. The van der Waals surface area contributed by atoms with Crippen LogP contribution in [-0.2, 0) is 6.18 Å². The lowest BCUT2D eigenvalue weighted by Gasteiger charge is -2.13. The number of aromatic carboxylic acids is 1. The number of carbonyl (C=O) groups excluding carboxylic acids is 1. The smallest absolute Gasteiger partial charge is 0.434 e. The molecule has 0 aliphatic heterocycles. The Kier molecular flexibility index (Phi) is 3.17. The van der Waals surface area contributed by atoms with Crippen molar-refractivity contribution < 1.29 is 27.9 Å². The molecule has 0 bridgehead atoms. The van der Waals surface area contributed by atoms with Gasteiger partial charge in [0.1, 0.15) is 17.0 Å². The number of alkyl halides is 3. The maximum atomic E-state index is 13.3. The monoisotopic (exact) mass is 324 g/mol. The fourth-order valence-corrected chi connectivity index (χ4v) is 2.24. The van der Waals surface area contributed by atoms with E-state index in [0.717, 1.165) is 0 Å². The third-order valence-electron chi connectivity index (χ3n) is 3.17. The molecular formula is C13H7F3N4O3. The molecule has 0 aromatic carbocycles. The number of nitrogens with zero attached hydrogens (tertiary/aromatic N) is 4. The minimum atomic E-state index is -4.93. The van der Waals surface area contributed by atoms with E-state index in [-0.39, 0.29) is 17.0 Å². The highest BCUT2D eigenvalue weighted by atomic mass is 19.4. The highest BCUT2D eigenvalue weighted by Crippen LogP contribution is 2.33. The average Bonchev–Trinajstić information content (AvgIpc) is 3.12. The molecule has 0 aliphatic carbocycles. The van der Waals surface area contributed by atoms with Crippen molar-refractivity contribution in [1.29, 1.82) is 0 Å². The zero-order valence-electron chi connectivity index (χ0n) is 11.2. The molecular weight excluding hydrogens is 317 g/mol. The van der Waals surface area contributed by atoms with Crippen molar-refractivity contribution in [3.63, 3.8) is 0 Å². The lowest BCUT2D eigenvalue weighted by atomic mass is 10.2. The number of pyridine rings is 1. The molecule has 23 heavy (non-hydrogen) atoms. The molecule has 7 nitrogen and oxygen atoms in total. The number of fused-ring (bicyclic) bond motifs is 1. The van der Waals surface area contributed by atoms with Crippen molar-refractivity contribution in [2.24, 2.45) is 0 Å². The Bertz CT molecular complexity index is 926. The SMILES string of the molecule is O=Cc1ccc(-n2ncc(C(=O)O)c2C(F)(F)F)n2ccnc12. The van der Waals surface area contributed by atoms with Crippen molar-refractivity contribution >= 4 is 17.9 Å². The van der Waals surface area contributed by atoms with E-state index in [1.807, 2.05) is 0 Å². The first kappa shape index (κ1) is 14.8. The molecule has 3 rings (SSSR count). The number of carbonyl (C=O) groups is 2. The van der Waals surface area contributed by atoms with Gasteiger partial charge < -0.3 is 5.11 Å². The molecule has 3 heterocycles. The summed E-state index contributed by atoms with van der Waals surface area (Å²) in [6.07, 6.45) is -1.13. The Morgan fingerprint density at radius 2 is 2.04 bits per heavy atom. The van der Waals surface area contributed by atoms with E-state index in [4.69, 9.17) is 5.11 Å². The normalized spacial score (nSPS) is 11.8. The van der Waals surface area contributed by atoms with Crippen LogP contribution in [0, 0.1) is 0 Å². The lowest BCUT2D eigenvalue weighted by molar-refractivity contribution is -0.143. The molecule has 0 unspecified atom stereocenters. The van der Waals surface area contributed by atoms with Crippen LogP contribution in [0.15, 0.2) is 30.7 Å². The largest absolute Gasteiger partial charge is 0.478 e. The van der Waals surface area contributed by atoms with Crippen LogP contribution in [-0.4, -0.2) is 36.5 Å². The van der Waals surface area contributed by atoms with Gasteiger partial charge in [0.25, 0.3) is 0 Å². The first-order chi connectivity index (χ1) is 10.8. The van der Waals surface area contributed by atoms with Crippen LogP contribution in [0.4, 0.5) is 13.2 Å². The summed E-state index contributed by atoms with van der Waals surface area (Å²) in [5.41, 5.74) is -2.07. The molecule has 0 atom stereocenters. The summed E-state index contributed by atoms with van der Waals surface area (Å²) in [5.74, 6) is -1.84. The summed E-state index contributed by atoms with van der Waals surface area (Å²) >= 11 is 0. The maximum absolute atomic E-state index is 13.3. The van der Waals surface area contributed by atoms with Crippen molar-refractivity contribution in [2.45, 2.75) is 6.18 Å². The fraction of sp³-hybridized carbons (Fsp3) is 0.0769. The number of imidazole rings is 1. The Balaban J connectivity index is 2.35. The highest BCUT2D eigenvalue weighted by Gasteiger charge is 2.41. The molecule has 3 aromatic rings. The van der Waals surface area contributed by atoms with Crippen LogP contribution in [0.5, 0.6) is 0 Å². The predicted molar refractivity (Wildman–Crippen MR) is 69.7 cm³/mol. The van der Waals surface area contributed by atoms with Gasteiger partial charge in [0, 0.05) is 12.4 Å². The zero-order valence-corrected chi connectivity index (χ0v) is 11.2. The number of carboxylic acid groups (broad SMARTS) is 1. The Morgan fingerprint density at radius 1 is 1.30 bits per heavy atom. The molecule has 0 amide bonds. The van der Waals surface area contributed by atoms with Crippen molar-refractivity contribution in [1.82, 2.24) is 19.2 Å². The minimum absolute atomic E-state index is 0.0945. The van der Waals surface area contributed by atoms with Crippen LogP contribution in [0.2, 0.25) is 0 Å². The number of aromatic nitrogens is 4. The number of hydrogen-bond acceptors (Lipinski definition) is 4. The topological polar surface area (TPSA) is 89.5 Å². The number of aldehydes is 1. The van der Waals surface area contributed by atoms with Gasteiger partial charge in [-0.15, -0.1) is 0 Å². The van der Waals surface area contributed by atoms with Crippen LogP contribution < -0.4 is 0 Å². The minimum Gasteiger partial charge on any atom is -0.478 e. The first-order valence-corrected chi connectivity index (χ1v) is 6.14. The molecule has 0 fully saturated rings. The zero-order chi connectivity index (χ0) is 16.8. The van der Waals surface area contributed by atoms with Crippen LogP contribution in [0.25, 0.3) is 11.5 Å². The third kappa shape index (κ3) is 2.24. The molecule has 118 valence electrons. The number of rotatable bonds is 3. The van der Waals surface area contributed by atoms with E-state index in [9.17, 15) is 22.8 Å². The van der Waals surface area contributed by atoms with Gasteiger partial charge in [-0.1, -0.05) is 0 Å². The summed E-state index contributed by atoms with van der Waals surface area (Å²) in [6.45, 7) is 0. The number of hydrogen-bond donors (Lipinski definition) is 1. The summed E-state index contributed by atoms with van der Waals surface area (Å²) in [7, 11) is 0. The van der Waals surface area contributed by atoms with Crippen LogP contribution >= 0.6 is 0 Å². The molecule has 0 radical (unpaired) electrons. The van der Waals surface area contributed by atoms with Crippen LogP contribution in [0.3, 0.4) is 0 Å². The summed E-state index contributed by atoms with van der Waals surface area (Å²) < 4.78 is 41.4. The third-order valence-corrected chi connectivity index (χ3v) is 3.17. The second kappa shape index (κ2) is 4.93. The Labute approximate surface area is 125 Å². The lowest BCUT2D eigenvalue weighted by Crippen LogP contribution is -2.18. The van der Waals surface area contributed by atoms with Gasteiger partial charge >= 0.3 is 12.1 Å². The van der Waals surface area contributed by atoms with Crippen LogP contribution in [0.1, 0.15) is 26.4 Å². The summed E-state index contributed by atoms with van der Waals surface area (Å²) in [6, 6.07) is 2.51. The maximum Gasteiger partial charge on any atom is 0.434 e. The molecule has 0 saturated heterocycles. The fourth-order valence-electron chi connectivity index (χ4n) is 2.24. The Morgan fingerprint density at radius 3 is 2.65 bits per heavy atom. The van der Waals surface area contributed by atoms with Crippen molar-refractivity contribution in [3.05, 3.63) is 47.5 Å². The van der Waals surface area contributed by atoms with Gasteiger partial charge in [-0.25, -0.2) is 14.5 Å². The van der Waals surface area contributed by atoms with Gasteiger partial charge in [-0.3, -0.25) is 9.20 Å². The van der Waals surface area contributed by atoms with Gasteiger partial charge in [0.05, 0.1) is 11.8 Å². The second-order valence-electron chi connectivity index (χ2n) is 4.51. The molecule has 1 N–H and O–H groups in total. The van der Waals surface area contributed by atoms with E-state index in [1.54, 1.807) is 0 Å². The van der Waals surface area contributed by atoms with Gasteiger partial charge in [0.15, 0.2) is 12.0 Å². The quantitative estimate of drug-likeness (QED) is 0.745. The standard InChI is InChI=1S/C13H7F3N4O3/c14-13(15,16)10-8(12(22)23)5-18-20(10)9-2-1-7(6-21)11-17-3-4-19(9)11/h1-6H,(H,22,23). The summed E-state index contributed by atoms with van der Waals surface area (Å²) in [4.78, 5) is 25.9. The number of halogens is 3. The van der Waals surface area contributed by atoms with Crippen molar-refractivity contribution in [2.75, 3.05) is 0 Å². The van der Waals surface area contributed by atoms with Gasteiger partial charge in [-0.05, 0) is 12.1 Å². The van der Waals surface area contributed by atoms with E-state index in [1.165, 1.54) is 28.9 Å². The molecule has 3 aromatic heterocycles. The first-order valence-electron chi connectivity index (χ1n) is 6.14. The average molecular weight is 324 g/mol. The van der Waals surface area contributed by atoms with E-state index in [2.05, 4.69) is 10.1 Å². The number of carboxylic acids is 1. The molecule has 0 aliphatic rings. The Hall–Kier alpha value is -3.17. The molecule has 10 heteroatoms. The van der Waals surface area contributed by atoms with Gasteiger partial charge in [-0.2, -0.15) is 18.3 Å². The highest BCUT2D eigenvalue weighted by molar-refractivity contribution is 5.89. The summed E-state index contributed by atoms with van der Waals surface area (Å²) in [5, 5.41) is 12.5. The van der Waals surface area contributed by atoms with E-state index < -0.39 is 23.4 Å². The van der Waals surface area contributed by atoms with Gasteiger partial charge in [0.2, 0.25) is 0 Å². The molecule has 0 saturated carbocycles. The van der Waals surface area contributed by atoms with E-state index in [0.29, 0.717) is 17.2 Å². The predicted octanol–water partition coefficient (Wildman–Crippen LogP) is 2.05. The van der Waals surface area contributed by atoms with E-state index >= 15 is 0 Å². The second-order valence-corrected chi connectivity index (χ2v) is 4.51.